The number of fused-ring (bicyclic) bond motifs is 1. The van der Waals surface area contributed by atoms with Gasteiger partial charge < -0.3 is 5.32 Å². The molecule has 3 heterocycles. The topological polar surface area (TPSA) is 83.6 Å². The van der Waals surface area contributed by atoms with Gasteiger partial charge in [-0.3, -0.25) is 9.89 Å². The number of nitrogens with zero attached hydrogens (tertiary/aromatic N) is 3. The number of halogens is 2. The first-order chi connectivity index (χ1) is 12.6. The summed E-state index contributed by atoms with van der Waals surface area (Å²) in [6.45, 7) is 0. The molecule has 0 aliphatic rings. The minimum absolute atomic E-state index is 0.317. The number of H-pyrrole nitrogens is 1. The molecular weight excluding hydrogens is 357 g/mol. The summed E-state index contributed by atoms with van der Waals surface area (Å²) in [4.78, 5) is 21.0. The smallest absolute Gasteiger partial charge is 0.260 e. The highest BCUT2D eigenvalue weighted by molar-refractivity contribution is 6.29. The SMILES string of the molecule is O=C(Nc1ccc2ccc(Cl)nc2n1)c1cn[nH]c1-c1ccc(F)cc1. The molecule has 4 aromatic rings. The Kier molecular flexibility index (Phi) is 4.06. The molecule has 6 nitrogen and oxygen atoms in total. The van der Waals surface area contributed by atoms with Crippen LogP contribution in [0.15, 0.2) is 54.7 Å². The number of anilines is 1. The van der Waals surface area contributed by atoms with Gasteiger partial charge in [0.15, 0.2) is 5.65 Å². The van der Waals surface area contributed by atoms with Crippen LogP contribution in [-0.4, -0.2) is 26.1 Å². The number of carbonyl (C=O) groups is 1. The molecule has 0 aliphatic heterocycles. The van der Waals surface area contributed by atoms with E-state index in [0.29, 0.717) is 33.4 Å². The number of amides is 1. The molecule has 0 radical (unpaired) electrons. The van der Waals surface area contributed by atoms with Gasteiger partial charge in [-0.15, -0.1) is 0 Å². The zero-order valence-corrected chi connectivity index (χ0v) is 14.0. The van der Waals surface area contributed by atoms with Crippen molar-refractivity contribution >= 4 is 34.4 Å². The van der Waals surface area contributed by atoms with Crippen LogP contribution in [0, 0.1) is 5.82 Å². The normalized spacial score (nSPS) is 10.8. The van der Waals surface area contributed by atoms with Crippen molar-refractivity contribution in [1.82, 2.24) is 20.2 Å². The van der Waals surface area contributed by atoms with Crippen molar-refractivity contribution in [3.63, 3.8) is 0 Å². The molecule has 0 fully saturated rings. The molecule has 0 aliphatic carbocycles. The lowest BCUT2D eigenvalue weighted by Crippen LogP contribution is -2.13. The molecular formula is C18H11ClFN5O. The monoisotopic (exact) mass is 367 g/mol. The molecule has 1 aromatic carbocycles. The van der Waals surface area contributed by atoms with Gasteiger partial charge in [0.1, 0.15) is 16.8 Å². The average molecular weight is 368 g/mol. The summed E-state index contributed by atoms with van der Waals surface area (Å²) in [6.07, 6.45) is 1.41. The van der Waals surface area contributed by atoms with E-state index in [1.54, 1.807) is 36.4 Å². The van der Waals surface area contributed by atoms with Crippen molar-refractivity contribution < 1.29 is 9.18 Å². The molecule has 0 saturated heterocycles. The third-order valence-corrected chi connectivity index (χ3v) is 3.99. The van der Waals surface area contributed by atoms with E-state index in [0.717, 1.165) is 5.39 Å². The molecule has 8 heteroatoms. The van der Waals surface area contributed by atoms with Crippen LogP contribution in [0.1, 0.15) is 10.4 Å². The van der Waals surface area contributed by atoms with Gasteiger partial charge in [0.05, 0.1) is 17.5 Å². The number of nitrogens with one attached hydrogen (secondary N) is 2. The van der Waals surface area contributed by atoms with Gasteiger partial charge in [0, 0.05) is 10.9 Å². The second-order valence-corrected chi connectivity index (χ2v) is 5.88. The van der Waals surface area contributed by atoms with E-state index in [1.807, 2.05) is 0 Å². The number of benzene rings is 1. The first-order valence-electron chi connectivity index (χ1n) is 7.64. The maximum absolute atomic E-state index is 13.1. The number of rotatable bonds is 3. The van der Waals surface area contributed by atoms with Crippen LogP contribution in [0.4, 0.5) is 10.2 Å². The second kappa shape index (κ2) is 6.53. The van der Waals surface area contributed by atoms with Crippen LogP contribution in [0.3, 0.4) is 0 Å². The molecule has 0 unspecified atom stereocenters. The Morgan fingerprint density at radius 3 is 2.62 bits per heavy atom. The fourth-order valence-electron chi connectivity index (χ4n) is 2.52. The molecule has 26 heavy (non-hydrogen) atoms. The maximum Gasteiger partial charge on any atom is 0.260 e. The lowest BCUT2D eigenvalue weighted by molar-refractivity contribution is 0.102. The van der Waals surface area contributed by atoms with Crippen LogP contribution >= 0.6 is 11.6 Å². The van der Waals surface area contributed by atoms with Gasteiger partial charge in [-0.25, -0.2) is 14.4 Å². The number of aromatic nitrogens is 4. The van der Waals surface area contributed by atoms with E-state index >= 15 is 0 Å². The van der Waals surface area contributed by atoms with E-state index in [9.17, 15) is 9.18 Å². The molecule has 1 amide bonds. The van der Waals surface area contributed by atoms with Gasteiger partial charge in [-0.2, -0.15) is 5.10 Å². The largest absolute Gasteiger partial charge is 0.306 e. The first-order valence-corrected chi connectivity index (χ1v) is 8.02. The van der Waals surface area contributed by atoms with E-state index in [-0.39, 0.29) is 5.82 Å². The van der Waals surface area contributed by atoms with Crippen molar-refractivity contribution in [2.75, 3.05) is 5.32 Å². The molecule has 2 N–H and O–H groups in total. The predicted molar refractivity (Wildman–Crippen MR) is 96.5 cm³/mol. The third-order valence-electron chi connectivity index (χ3n) is 3.78. The maximum atomic E-state index is 13.1. The molecule has 0 saturated carbocycles. The summed E-state index contributed by atoms with van der Waals surface area (Å²) < 4.78 is 13.1. The highest BCUT2D eigenvalue weighted by Crippen LogP contribution is 2.23. The van der Waals surface area contributed by atoms with Crippen molar-refractivity contribution in [2.45, 2.75) is 0 Å². The molecule has 0 bridgehead atoms. The number of hydrogen-bond donors (Lipinski definition) is 2. The van der Waals surface area contributed by atoms with Crippen LogP contribution in [0.5, 0.6) is 0 Å². The van der Waals surface area contributed by atoms with E-state index < -0.39 is 5.91 Å². The minimum atomic E-state index is -0.396. The van der Waals surface area contributed by atoms with Crippen LogP contribution in [0.2, 0.25) is 5.15 Å². The zero-order chi connectivity index (χ0) is 18.1. The van der Waals surface area contributed by atoms with Crippen LogP contribution in [0.25, 0.3) is 22.3 Å². The van der Waals surface area contributed by atoms with Gasteiger partial charge in [-0.05, 0) is 48.5 Å². The summed E-state index contributed by atoms with van der Waals surface area (Å²) >= 11 is 5.88. The van der Waals surface area contributed by atoms with Gasteiger partial charge >= 0.3 is 0 Å². The summed E-state index contributed by atoms with van der Waals surface area (Å²) in [6, 6.07) is 12.7. The Morgan fingerprint density at radius 1 is 1.04 bits per heavy atom. The van der Waals surface area contributed by atoms with Gasteiger partial charge in [0.25, 0.3) is 5.91 Å². The van der Waals surface area contributed by atoms with Crippen LogP contribution < -0.4 is 5.32 Å². The number of hydrogen-bond acceptors (Lipinski definition) is 4. The highest BCUT2D eigenvalue weighted by atomic mass is 35.5. The Hall–Kier alpha value is -3.32. The fourth-order valence-corrected chi connectivity index (χ4v) is 2.67. The van der Waals surface area contributed by atoms with Crippen molar-refractivity contribution in [1.29, 1.82) is 0 Å². The van der Waals surface area contributed by atoms with Crippen molar-refractivity contribution in [3.05, 3.63) is 71.3 Å². The fraction of sp³-hybridized carbons (Fsp3) is 0. The molecule has 3 aromatic heterocycles. The van der Waals surface area contributed by atoms with E-state index in [1.165, 1.54) is 18.3 Å². The predicted octanol–water partition coefficient (Wildman–Crippen LogP) is 4.06. The van der Waals surface area contributed by atoms with Crippen molar-refractivity contribution in [2.24, 2.45) is 0 Å². The van der Waals surface area contributed by atoms with Gasteiger partial charge in [0.2, 0.25) is 0 Å². The van der Waals surface area contributed by atoms with E-state index in [4.69, 9.17) is 11.6 Å². The summed E-state index contributed by atoms with van der Waals surface area (Å²) in [5, 5.41) is 10.5. The van der Waals surface area contributed by atoms with Gasteiger partial charge in [-0.1, -0.05) is 11.6 Å². The summed E-state index contributed by atoms with van der Waals surface area (Å²) in [5.41, 5.74) is 1.89. The lowest BCUT2D eigenvalue weighted by atomic mass is 10.1. The zero-order valence-electron chi connectivity index (χ0n) is 13.2. The third kappa shape index (κ3) is 3.12. The Labute approximate surface area is 152 Å². The number of pyridine rings is 2. The van der Waals surface area contributed by atoms with Crippen LogP contribution in [-0.2, 0) is 0 Å². The molecule has 128 valence electrons. The molecule has 0 atom stereocenters. The summed E-state index contributed by atoms with van der Waals surface area (Å²) in [7, 11) is 0. The number of aromatic amines is 1. The Balaban J connectivity index is 1.63. The van der Waals surface area contributed by atoms with Crippen molar-refractivity contribution in [3.8, 4) is 11.3 Å². The standard InChI is InChI=1S/C18H11ClFN5O/c19-14-7-3-11-4-8-15(23-17(11)22-14)24-18(26)13-9-21-25-16(13)10-1-5-12(20)6-2-10/h1-9H,(H,21,25)(H,22,23,24,26). The molecule has 0 spiro atoms. The minimum Gasteiger partial charge on any atom is -0.306 e. The van der Waals surface area contributed by atoms with E-state index in [2.05, 4.69) is 25.5 Å². The average Bonchev–Trinajstić information content (AvgIpc) is 3.12. The quantitative estimate of drug-likeness (QED) is 0.535. The lowest BCUT2D eigenvalue weighted by Gasteiger charge is -2.06. The summed E-state index contributed by atoms with van der Waals surface area (Å²) in [5.74, 6) is -0.415. The number of carbonyl (C=O) groups excluding carboxylic acids is 1. The molecule has 4 rings (SSSR count). The second-order valence-electron chi connectivity index (χ2n) is 5.50. The Bertz CT molecular complexity index is 1110. The first kappa shape index (κ1) is 16.2. The Morgan fingerprint density at radius 2 is 1.81 bits per heavy atom. The highest BCUT2D eigenvalue weighted by Gasteiger charge is 2.16.